The van der Waals surface area contributed by atoms with Gasteiger partial charge in [-0.15, -0.1) is 0 Å². The number of nitrogens with one attached hydrogen (secondary N) is 5. The molecule has 3 aliphatic rings. The minimum Gasteiger partial charge on any atom is -0.460 e. The normalized spacial score (nSPS) is 17.7. The molecular weight excluding hydrogens is 872 g/mol. The lowest BCUT2D eigenvalue weighted by atomic mass is 9.81. The standard InChI is InChI=1S/C47H53FN8O11/c1-6-47(65)28-15-34-41-26(21-56(34)44(63)27(28)22-66-45(47)64)40-31(13-12-25-23(2)29(48)16-32(55-41)39(25)40)53-37(59)20-52-43(62)33(14-24-10-8-7-9-11-24)54-36(58)19-50-35(57)18-51-42(61)30(49)17-38(60)67-46(3,4)5/h7-11,15-16,30-31,33,65H,6,12-14,17-22,49H2,1-5H3,(H,50,57)(H,51,61)(H,52,62)(H,53,59)(H,54,58)/t30-,31+,33+,47+/m1/s1. The highest BCUT2D eigenvalue weighted by Crippen LogP contribution is 2.46. The first-order chi connectivity index (χ1) is 31.7. The second kappa shape index (κ2) is 19.0. The lowest BCUT2D eigenvalue weighted by Crippen LogP contribution is -2.52. The third-order valence-corrected chi connectivity index (χ3v) is 12.1. The number of fused-ring (bicyclic) bond motifs is 5. The van der Waals surface area contributed by atoms with Crippen LogP contribution in [0.5, 0.6) is 0 Å². The van der Waals surface area contributed by atoms with E-state index in [9.17, 15) is 43.5 Å². The molecule has 354 valence electrons. The molecule has 4 atom stereocenters. The third-order valence-electron chi connectivity index (χ3n) is 12.1. The van der Waals surface area contributed by atoms with E-state index in [1.54, 1.807) is 71.0 Å². The van der Waals surface area contributed by atoms with Crippen LogP contribution in [-0.2, 0) is 74.6 Å². The van der Waals surface area contributed by atoms with Crippen molar-refractivity contribution in [1.29, 1.82) is 0 Å². The first kappa shape index (κ1) is 47.9. The molecule has 0 unspecified atom stereocenters. The summed E-state index contributed by atoms with van der Waals surface area (Å²) >= 11 is 0. The van der Waals surface area contributed by atoms with Crippen molar-refractivity contribution in [3.63, 3.8) is 0 Å². The highest BCUT2D eigenvalue weighted by atomic mass is 19.1. The van der Waals surface area contributed by atoms with Crippen LogP contribution in [0, 0.1) is 12.7 Å². The number of amides is 5. The number of aromatic nitrogens is 2. The molecule has 2 aliphatic heterocycles. The molecule has 19 nitrogen and oxygen atoms in total. The van der Waals surface area contributed by atoms with E-state index in [0.29, 0.717) is 62.9 Å². The molecule has 2 aromatic heterocycles. The molecule has 0 radical (unpaired) electrons. The summed E-state index contributed by atoms with van der Waals surface area (Å²) in [6, 6.07) is 8.50. The Labute approximate surface area is 383 Å². The van der Waals surface area contributed by atoms with E-state index >= 15 is 4.39 Å². The van der Waals surface area contributed by atoms with E-state index in [0.717, 1.165) is 0 Å². The highest BCUT2D eigenvalue weighted by molar-refractivity contribution is 5.96. The number of aryl methyl sites for hydroxylation is 1. The Morgan fingerprint density at radius 1 is 0.970 bits per heavy atom. The van der Waals surface area contributed by atoms with Crippen molar-refractivity contribution in [2.45, 2.75) is 109 Å². The van der Waals surface area contributed by atoms with Crippen LogP contribution in [0.15, 0.2) is 47.3 Å². The van der Waals surface area contributed by atoms with Gasteiger partial charge in [0.1, 0.15) is 24.1 Å². The van der Waals surface area contributed by atoms with E-state index in [1.807, 2.05) is 0 Å². The largest absolute Gasteiger partial charge is 0.460 e. The van der Waals surface area contributed by atoms with Gasteiger partial charge < -0.3 is 51.5 Å². The van der Waals surface area contributed by atoms with Crippen molar-refractivity contribution >= 4 is 52.4 Å². The van der Waals surface area contributed by atoms with Crippen molar-refractivity contribution in [1.82, 2.24) is 36.1 Å². The Hall–Kier alpha value is -7.06. The van der Waals surface area contributed by atoms with E-state index in [1.165, 1.54) is 10.6 Å². The van der Waals surface area contributed by atoms with Gasteiger partial charge in [0.15, 0.2) is 5.60 Å². The number of cyclic esters (lactones) is 1. The third kappa shape index (κ3) is 10.0. The Balaban J connectivity index is 1.03. The van der Waals surface area contributed by atoms with Crippen molar-refractivity contribution in [2.24, 2.45) is 5.73 Å². The minimum absolute atomic E-state index is 0.0231. The molecule has 2 aromatic carbocycles. The van der Waals surface area contributed by atoms with Gasteiger partial charge in [0, 0.05) is 29.0 Å². The molecule has 8 N–H and O–H groups in total. The van der Waals surface area contributed by atoms with Crippen LogP contribution >= 0.6 is 0 Å². The van der Waals surface area contributed by atoms with Gasteiger partial charge in [-0.1, -0.05) is 37.3 Å². The molecule has 0 spiro atoms. The predicted molar refractivity (Wildman–Crippen MR) is 238 cm³/mol. The summed E-state index contributed by atoms with van der Waals surface area (Å²) in [6.07, 6.45) is 0.270. The number of carbonyl (C=O) groups excluding carboxylic acids is 7. The summed E-state index contributed by atoms with van der Waals surface area (Å²) < 4.78 is 27.2. The van der Waals surface area contributed by atoms with Gasteiger partial charge in [-0.05, 0) is 75.3 Å². The number of aliphatic hydroxyl groups is 1. The number of benzene rings is 2. The van der Waals surface area contributed by atoms with Crippen LogP contribution in [0.3, 0.4) is 0 Å². The van der Waals surface area contributed by atoms with E-state index < -0.39 is 108 Å². The first-order valence-corrected chi connectivity index (χ1v) is 21.9. The zero-order chi connectivity index (χ0) is 48.5. The zero-order valence-corrected chi connectivity index (χ0v) is 37.7. The highest BCUT2D eigenvalue weighted by Gasteiger charge is 2.46. The minimum atomic E-state index is -2.06. The number of rotatable bonds is 15. The molecule has 1 aliphatic carbocycles. The Kier molecular flexibility index (Phi) is 13.6. The summed E-state index contributed by atoms with van der Waals surface area (Å²) in [5.74, 6) is -5.61. The van der Waals surface area contributed by atoms with Gasteiger partial charge in [0.05, 0.1) is 67.2 Å². The molecule has 4 aromatic rings. The van der Waals surface area contributed by atoms with Crippen molar-refractivity contribution in [3.8, 4) is 11.4 Å². The number of ether oxygens (including phenoxy) is 2. The molecule has 5 amide bonds. The molecule has 0 fully saturated rings. The Morgan fingerprint density at radius 2 is 1.66 bits per heavy atom. The maximum atomic E-state index is 15.4. The number of nitrogens with two attached hydrogens (primary N) is 1. The zero-order valence-electron chi connectivity index (χ0n) is 37.7. The van der Waals surface area contributed by atoms with Gasteiger partial charge >= 0.3 is 11.9 Å². The van der Waals surface area contributed by atoms with Crippen LogP contribution in [-0.4, -0.2) is 93.5 Å². The number of pyridine rings is 2. The van der Waals surface area contributed by atoms with Crippen LogP contribution in [0.4, 0.5) is 4.39 Å². The van der Waals surface area contributed by atoms with Gasteiger partial charge in [0.2, 0.25) is 29.5 Å². The van der Waals surface area contributed by atoms with Gasteiger partial charge in [-0.3, -0.25) is 33.6 Å². The number of hydrogen-bond acceptors (Lipinski definition) is 13. The summed E-state index contributed by atoms with van der Waals surface area (Å²) in [7, 11) is 0. The second-order valence-corrected chi connectivity index (χ2v) is 17.9. The lowest BCUT2D eigenvalue weighted by Gasteiger charge is -2.31. The molecule has 0 saturated heterocycles. The fourth-order valence-corrected chi connectivity index (χ4v) is 8.73. The van der Waals surface area contributed by atoms with Crippen molar-refractivity contribution in [2.75, 3.05) is 19.6 Å². The number of nitrogens with zero attached hydrogens (tertiary/aromatic N) is 2. The summed E-state index contributed by atoms with van der Waals surface area (Å²) in [5.41, 5.74) is 6.71. The average Bonchev–Trinajstić information content (AvgIpc) is 3.65. The van der Waals surface area contributed by atoms with Gasteiger partial charge in [-0.2, -0.15) is 0 Å². The fourth-order valence-electron chi connectivity index (χ4n) is 8.73. The fraction of sp³-hybridized carbons (Fsp3) is 0.426. The van der Waals surface area contributed by atoms with Gasteiger partial charge in [-0.25, -0.2) is 14.2 Å². The smallest absolute Gasteiger partial charge is 0.343 e. The molecule has 0 saturated carbocycles. The second-order valence-electron chi connectivity index (χ2n) is 17.9. The Morgan fingerprint density at radius 3 is 2.36 bits per heavy atom. The number of hydrogen-bond donors (Lipinski definition) is 7. The summed E-state index contributed by atoms with van der Waals surface area (Å²) in [4.78, 5) is 109. The quantitative estimate of drug-likeness (QED) is 0.0716. The number of carbonyl (C=O) groups is 7. The molecule has 0 bridgehead atoms. The van der Waals surface area contributed by atoms with Crippen molar-refractivity contribution in [3.05, 3.63) is 97.6 Å². The van der Waals surface area contributed by atoms with Crippen molar-refractivity contribution < 1.29 is 52.5 Å². The van der Waals surface area contributed by atoms with E-state index in [2.05, 4.69) is 26.6 Å². The lowest BCUT2D eigenvalue weighted by molar-refractivity contribution is -0.172. The van der Waals surface area contributed by atoms with Crippen LogP contribution in [0.2, 0.25) is 0 Å². The summed E-state index contributed by atoms with van der Waals surface area (Å²) in [6.45, 7) is 6.33. The van der Waals surface area contributed by atoms with Crippen LogP contribution < -0.4 is 37.9 Å². The van der Waals surface area contributed by atoms with E-state index in [4.69, 9.17) is 20.2 Å². The predicted octanol–water partition coefficient (Wildman–Crippen LogP) is 0.766. The van der Waals surface area contributed by atoms with Crippen LogP contribution in [0.1, 0.15) is 91.9 Å². The van der Waals surface area contributed by atoms with Gasteiger partial charge in [0.25, 0.3) is 5.56 Å². The maximum absolute atomic E-state index is 15.4. The molecule has 67 heavy (non-hydrogen) atoms. The molecule has 7 rings (SSSR count). The Bertz CT molecular complexity index is 2770. The topological polar surface area (TPSA) is 279 Å². The molecular formula is C47H53FN8O11. The van der Waals surface area contributed by atoms with E-state index in [-0.39, 0.29) is 37.1 Å². The number of esters is 2. The number of halogens is 1. The molecule has 20 heteroatoms. The maximum Gasteiger partial charge on any atom is 0.343 e. The SMILES string of the molecule is CC[C@@]1(O)C(=O)OCc2c1cc1n(c2=O)Cc2c-1nc1cc(F)c(C)c3c1c2[C@@H](NC(=O)CNC(=O)[C@H](Cc1ccccc1)NC(=O)CNC(=O)CNC(=O)[C@H](N)CC(=O)OC(C)(C)C)CC3. The monoisotopic (exact) mass is 924 g/mol. The average molecular weight is 925 g/mol. The molecule has 4 heterocycles. The first-order valence-electron chi connectivity index (χ1n) is 21.9. The van der Waals surface area contributed by atoms with Crippen LogP contribution in [0.25, 0.3) is 22.3 Å². The summed E-state index contributed by atoms with van der Waals surface area (Å²) in [5, 5.41) is 24.9.